The van der Waals surface area contributed by atoms with Crippen LogP contribution >= 0.6 is 0 Å². The molecule has 0 spiro atoms. The van der Waals surface area contributed by atoms with E-state index in [2.05, 4.69) is 264 Å². The van der Waals surface area contributed by atoms with Gasteiger partial charge in [-0.1, -0.05) is 206 Å². The second-order valence-corrected chi connectivity index (χ2v) is 17.9. The molecule has 0 N–H and O–H groups in total. The van der Waals surface area contributed by atoms with Crippen LogP contribution < -0.4 is 9.64 Å². The number of fused-ring (bicyclic) bond motifs is 9. The molecule has 0 bridgehead atoms. The van der Waals surface area contributed by atoms with Gasteiger partial charge in [0.25, 0.3) is 0 Å². The molecule has 0 radical (unpaired) electrons. The van der Waals surface area contributed by atoms with Crippen molar-refractivity contribution in [3.05, 3.63) is 277 Å². The number of rotatable bonds is 7. The molecule has 2 heterocycles. The Morgan fingerprint density at radius 1 is 0.368 bits per heavy atom. The highest BCUT2D eigenvalue weighted by Crippen LogP contribution is 2.59. The molecular weight excluding hydrogens is 825 g/mol. The molecule has 0 saturated carbocycles. The number of para-hydroxylation sites is 3. The fraction of sp³-hybridized carbons (Fsp3) is 0.0154. The predicted molar refractivity (Wildman–Crippen MR) is 281 cm³/mol. The zero-order valence-corrected chi connectivity index (χ0v) is 37.1. The maximum Gasteiger partial charge on any atom is 0.152 e. The van der Waals surface area contributed by atoms with Crippen molar-refractivity contribution in [1.29, 1.82) is 0 Å². The zero-order chi connectivity index (χ0) is 44.8. The van der Waals surface area contributed by atoms with Crippen LogP contribution in [0.2, 0.25) is 0 Å². The Morgan fingerprint density at radius 3 is 1.66 bits per heavy atom. The predicted octanol–water partition coefficient (Wildman–Crippen LogP) is 17.2. The van der Waals surface area contributed by atoms with Crippen LogP contribution in [0.15, 0.2) is 255 Å². The van der Waals surface area contributed by atoms with Gasteiger partial charge in [0.2, 0.25) is 0 Å². The highest BCUT2D eigenvalue weighted by molar-refractivity contribution is 6.13. The third-order valence-electron chi connectivity index (χ3n) is 14.5. The van der Waals surface area contributed by atoms with Gasteiger partial charge < -0.3 is 14.2 Å². The van der Waals surface area contributed by atoms with Gasteiger partial charge in [-0.2, -0.15) is 0 Å². The summed E-state index contributed by atoms with van der Waals surface area (Å²) < 4.78 is 9.11. The molecule has 318 valence electrons. The molecule has 12 aromatic rings. The molecular formula is C65H42N2O. The third kappa shape index (κ3) is 5.54. The minimum absolute atomic E-state index is 0.528. The van der Waals surface area contributed by atoms with E-state index < -0.39 is 5.41 Å². The van der Waals surface area contributed by atoms with Crippen LogP contribution in [0, 0.1) is 0 Å². The van der Waals surface area contributed by atoms with Crippen LogP contribution in [-0.4, -0.2) is 4.57 Å². The Morgan fingerprint density at radius 2 is 0.897 bits per heavy atom. The largest absolute Gasteiger partial charge is 0.453 e. The topological polar surface area (TPSA) is 17.4 Å². The average Bonchev–Trinajstić information content (AvgIpc) is 3.92. The zero-order valence-electron chi connectivity index (χ0n) is 37.1. The van der Waals surface area contributed by atoms with Gasteiger partial charge in [0.1, 0.15) is 0 Å². The van der Waals surface area contributed by atoms with Crippen molar-refractivity contribution < 1.29 is 4.74 Å². The van der Waals surface area contributed by atoms with Crippen molar-refractivity contribution in [3.63, 3.8) is 0 Å². The first-order valence-electron chi connectivity index (χ1n) is 23.4. The Labute approximate surface area is 395 Å². The summed E-state index contributed by atoms with van der Waals surface area (Å²) in [7, 11) is 0. The molecule has 3 heteroatoms. The Kier molecular flexibility index (Phi) is 8.50. The molecule has 68 heavy (non-hydrogen) atoms. The van der Waals surface area contributed by atoms with E-state index in [1.807, 2.05) is 0 Å². The second kappa shape index (κ2) is 15.1. The molecule has 3 nitrogen and oxygen atoms in total. The molecule has 2 aliphatic rings. The van der Waals surface area contributed by atoms with E-state index >= 15 is 0 Å². The monoisotopic (exact) mass is 866 g/mol. The SMILES string of the molecule is c1ccc(C2(c3ccccc3)c3ccccc3-c3c(N(c4ccc(-c5cccc6c5-n5c7ccccc7c7cccc(c75)O6)cc4)c4ccc(-c5cccc6ccccc56)cc4)cccc32)cc1. The molecule has 0 unspecified atom stereocenters. The lowest BCUT2D eigenvalue weighted by Crippen LogP contribution is -2.28. The van der Waals surface area contributed by atoms with E-state index in [4.69, 9.17) is 4.74 Å². The van der Waals surface area contributed by atoms with E-state index in [1.54, 1.807) is 0 Å². The number of nitrogens with zero attached hydrogens (tertiary/aromatic N) is 2. The highest BCUT2D eigenvalue weighted by atomic mass is 16.5. The Bertz CT molecular complexity index is 3880. The molecule has 1 aromatic heterocycles. The third-order valence-corrected chi connectivity index (χ3v) is 14.5. The number of aromatic nitrogens is 1. The standard InChI is InChI=1S/C65H42N2O/c1-3-19-46(20-4-1)65(47-21-5-2-6-22-47)56-29-11-9-25-55(56)62-57(65)30-16-32-59(62)66(48-39-35-44(36-40-48)51-26-13-18-43-17-7-8-23-50(43)51)49-41-37-45(38-42-49)52-27-14-33-60-63(52)67-58-31-12-10-24-53(58)54-28-15-34-61(68-60)64(54)67/h1-42H. The average molecular weight is 867 g/mol. The smallest absolute Gasteiger partial charge is 0.152 e. The summed E-state index contributed by atoms with van der Waals surface area (Å²) >= 11 is 0. The van der Waals surface area contributed by atoms with Gasteiger partial charge in [-0.25, -0.2) is 0 Å². The molecule has 11 aromatic carbocycles. The second-order valence-electron chi connectivity index (χ2n) is 17.9. The van der Waals surface area contributed by atoms with Crippen molar-refractivity contribution in [3.8, 4) is 50.6 Å². The minimum Gasteiger partial charge on any atom is -0.453 e. The first kappa shape index (κ1) is 38.4. The van der Waals surface area contributed by atoms with E-state index in [9.17, 15) is 0 Å². The first-order chi connectivity index (χ1) is 33.8. The van der Waals surface area contributed by atoms with Gasteiger partial charge in [0, 0.05) is 33.3 Å². The van der Waals surface area contributed by atoms with E-state index in [0.717, 1.165) is 50.9 Å². The Hall–Kier alpha value is -8.92. The summed E-state index contributed by atoms with van der Waals surface area (Å²) in [5.74, 6) is 1.72. The van der Waals surface area contributed by atoms with Crippen molar-refractivity contribution >= 4 is 49.6 Å². The van der Waals surface area contributed by atoms with Crippen molar-refractivity contribution in [1.82, 2.24) is 4.57 Å². The molecule has 1 aliphatic carbocycles. The number of anilines is 3. The van der Waals surface area contributed by atoms with Crippen LogP contribution in [0.1, 0.15) is 22.3 Å². The number of hydrogen-bond donors (Lipinski definition) is 0. The van der Waals surface area contributed by atoms with Crippen LogP contribution in [0.25, 0.3) is 71.6 Å². The van der Waals surface area contributed by atoms with Crippen LogP contribution in [-0.2, 0) is 5.41 Å². The number of ether oxygens (including phenoxy) is 1. The minimum atomic E-state index is -0.528. The fourth-order valence-electron chi connectivity index (χ4n) is 11.6. The summed E-state index contributed by atoms with van der Waals surface area (Å²) in [6, 6.07) is 93.0. The van der Waals surface area contributed by atoms with Gasteiger partial charge >= 0.3 is 0 Å². The normalized spacial score (nSPS) is 12.9. The quantitative estimate of drug-likeness (QED) is 0.159. The summed E-state index contributed by atoms with van der Waals surface area (Å²) in [5.41, 5.74) is 18.2. The van der Waals surface area contributed by atoms with Crippen LogP contribution in [0.5, 0.6) is 11.5 Å². The summed E-state index contributed by atoms with van der Waals surface area (Å²) in [6.07, 6.45) is 0. The summed E-state index contributed by atoms with van der Waals surface area (Å²) in [5, 5.41) is 4.89. The van der Waals surface area contributed by atoms with Gasteiger partial charge in [-0.05, 0) is 104 Å². The van der Waals surface area contributed by atoms with Crippen LogP contribution in [0.3, 0.4) is 0 Å². The van der Waals surface area contributed by atoms with Crippen LogP contribution in [0.4, 0.5) is 17.1 Å². The lowest BCUT2D eigenvalue weighted by Gasteiger charge is -2.34. The summed E-state index contributed by atoms with van der Waals surface area (Å²) in [4.78, 5) is 2.46. The summed E-state index contributed by atoms with van der Waals surface area (Å²) in [6.45, 7) is 0. The maximum absolute atomic E-state index is 6.71. The van der Waals surface area contributed by atoms with E-state index in [0.29, 0.717) is 0 Å². The molecule has 14 rings (SSSR count). The maximum atomic E-state index is 6.71. The first-order valence-corrected chi connectivity index (χ1v) is 23.4. The molecule has 0 saturated heterocycles. The Balaban J connectivity index is 0.974. The fourth-order valence-corrected chi connectivity index (χ4v) is 11.6. The van der Waals surface area contributed by atoms with E-state index in [-0.39, 0.29) is 0 Å². The van der Waals surface area contributed by atoms with Gasteiger partial charge in [0.05, 0.1) is 27.8 Å². The number of hydrogen-bond acceptors (Lipinski definition) is 2. The van der Waals surface area contributed by atoms with Crippen molar-refractivity contribution in [2.45, 2.75) is 5.41 Å². The molecule has 0 amide bonds. The lowest BCUT2D eigenvalue weighted by molar-refractivity contribution is 0.477. The van der Waals surface area contributed by atoms with Gasteiger partial charge in [-0.15, -0.1) is 0 Å². The van der Waals surface area contributed by atoms with Crippen molar-refractivity contribution in [2.24, 2.45) is 0 Å². The molecule has 0 atom stereocenters. The molecule has 0 fully saturated rings. The number of benzene rings is 11. The highest BCUT2D eigenvalue weighted by Gasteiger charge is 2.47. The lowest BCUT2D eigenvalue weighted by atomic mass is 9.68. The van der Waals surface area contributed by atoms with E-state index in [1.165, 1.54) is 71.6 Å². The molecule has 1 aliphatic heterocycles. The van der Waals surface area contributed by atoms with Crippen molar-refractivity contribution in [2.75, 3.05) is 4.90 Å². The van der Waals surface area contributed by atoms with Gasteiger partial charge in [-0.3, -0.25) is 0 Å². The van der Waals surface area contributed by atoms with Gasteiger partial charge in [0.15, 0.2) is 11.5 Å².